The van der Waals surface area contributed by atoms with Crippen LogP contribution in [0.15, 0.2) is 24.3 Å². The first kappa shape index (κ1) is 13.1. The fourth-order valence-corrected chi connectivity index (χ4v) is 2.35. The maximum atomic E-state index is 12.6. The minimum atomic E-state index is -3.40. The van der Waals surface area contributed by atoms with E-state index < -0.39 is 15.8 Å². The normalized spacial score (nSPS) is 11.6. The molecule has 4 nitrogen and oxygen atoms in total. The second kappa shape index (κ2) is 5.93. The average molecular weight is 247 g/mol. The molecule has 0 aliphatic heterocycles. The molecule has 0 saturated carbocycles. The summed E-state index contributed by atoms with van der Waals surface area (Å²) in [5, 5.41) is 8.51. The van der Waals surface area contributed by atoms with Crippen LogP contribution in [0.4, 0.5) is 4.39 Å². The van der Waals surface area contributed by atoms with Crippen LogP contribution in [-0.2, 0) is 15.8 Å². The third-order valence-electron chi connectivity index (χ3n) is 1.93. The number of sulfonamides is 1. The molecule has 90 valence electrons. The lowest BCUT2D eigenvalue weighted by atomic mass is 10.2. The van der Waals surface area contributed by atoms with Gasteiger partial charge in [0.1, 0.15) is 5.82 Å². The van der Waals surface area contributed by atoms with Crippen LogP contribution in [0.5, 0.6) is 0 Å². The first-order valence-corrected chi connectivity index (χ1v) is 6.51. The largest absolute Gasteiger partial charge is 0.396 e. The molecule has 2 N–H and O–H groups in total. The van der Waals surface area contributed by atoms with Gasteiger partial charge < -0.3 is 5.11 Å². The van der Waals surface area contributed by atoms with Crippen molar-refractivity contribution in [2.45, 2.75) is 12.2 Å². The zero-order valence-electron chi connectivity index (χ0n) is 8.69. The van der Waals surface area contributed by atoms with Gasteiger partial charge in [-0.3, -0.25) is 0 Å². The highest BCUT2D eigenvalue weighted by Gasteiger charge is 2.10. The van der Waals surface area contributed by atoms with Gasteiger partial charge in [-0.1, -0.05) is 12.1 Å². The molecule has 0 saturated heterocycles. The van der Waals surface area contributed by atoms with Crippen LogP contribution in [0.3, 0.4) is 0 Å². The number of nitrogens with one attached hydrogen (secondary N) is 1. The Morgan fingerprint density at radius 3 is 2.44 bits per heavy atom. The number of halogens is 1. The Bertz CT molecular complexity index is 416. The molecule has 0 aliphatic carbocycles. The molecule has 6 heteroatoms. The lowest BCUT2D eigenvalue weighted by Gasteiger charge is -2.05. The molecule has 0 heterocycles. The highest BCUT2D eigenvalue weighted by Crippen LogP contribution is 2.06. The van der Waals surface area contributed by atoms with E-state index in [9.17, 15) is 12.8 Å². The zero-order valence-corrected chi connectivity index (χ0v) is 9.50. The van der Waals surface area contributed by atoms with E-state index in [2.05, 4.69) is 4.72 Å². The Hall–Kier alpha value is -0.980. The van der Waals surface area contributed by atoms with Crippen molar-refractivity contribution >= 4 is 10.0 Å². The van der Waals surface area contributed by atoms with Crippen molar-refractivity contribution in [1.82, 2.24) is 4.72 Å². The van der Waals surface area contributed by atoms with E-state index in [1.165, 1.54) is 24.3 Å². The van der Waals surface area contributed by atoms with Crippen LogP contribution in [0.25, 0.3) is 0 Å². The fourth-order valence-electron chi connectivity index (χ4n) is 1.16. The molecular formula is C10H14FNO3S. The first-order chi connectivity index (χ1) is 7.53. The summed E-state index contributed by atoms with van der Waals surface area (Å²) in [6.45, 7) is 0.152. The second-order valence-electron chi connectivity index (χ2n) is 3.36. The fraction of sp³-hybridized carbons (Fsp3) is 0.400. The topological polar surface area (TPSA) is 66.4 Å². The van der Waals surface area contributed by atoms with Crippen molar-refractivity contribution in [3.8, 4) is 0 Å². The molecule has 0 fully saturated rings. The van der Waals surface area contributed by atoms with E-state index in [-0.39, 0.29) is 18.9 Å². The van der Waals surface area contributed by atoms with Gasteiger partial charge in [0.2, 0.25) is 10.0 Å². The molecular weight excluding hydrogens is 233 g/mol. The second-order valence-corrected chi connectivity index (χ2v) is 5.16. The number of aliphatic hydroxyl groups excluding tert-OH is 1. The molecule has 16 heavy (non-hydrogen) atoms. The van der Waals surface area contributed by atoms with Gasteiger partial charge in [0.25, 0.3) is 0 Å². The van der Waals surface area contributed by atoms with Crippen LogP contribution >= 0.6 is 0 Å². The van der Waals surface area contributed by atoms with E-state index in [0.717, 1.165) is 0 Å². The highest BCUT2D eigenvalue weighted by atomic mass is 32.2. The number of hydrogen-bond acceptors (Lipinski definition) is 3. The van der Waals surface area contributed by atoms with Crippen LogP contribution in [0.1, 0.15) is 12.0 Å². The third-order valence-corrected chi connectivity index (χ3v) is 3.28. The third kappa shape index (κ3) is 4.69. The minimum Gasteiger partial charge on any atom is -0.396 e. The Morgan fingerprint density at radius 2 is 1.88 bits per heavy atom. The lowest BCUT2D eigenvalue weighted by Crippen LogP contribution is -2.26. The van der Waals surface area contributed by atoms with Crippen molar-refractivity contribution in [2.75, 3.05) is 13.2 Å². The van der Waals surface area contributed by atoms with Crippen LogP contribution in [0.2, 0.25) is 0 Å². The highest BCUT2D eigenvalue weighted by molar-refractivity contribution is 7.88. The number of benzene rings is 1. The zero-order chi connectivity index (χ0) is 12.0. The minimum absolute atomic E-state index is 0.0565. The SMILES string of the molecule is O=S(=O)(Cc1ccc(F)cc1)NCCCO. The van der Waals surface area contributed by atoms with Crippen molar-refractivity contribution in [3.63, 3.8) is 0 Å². The molecule has 0 bridgehead atoms. The van der Waals surface area contributed by atoms with E-state index in [1.54, 1.807) is 0 Å². The Kier molecular flexibility index (Phi) is 4.85. The molecule has 0 unspecified atom stereocenters. The standard InChI is InChI=1S/C10H14FNO3S/c11-10-4-2-9(3-5-10)8-16(14,15)12-6-1-7-13/h2-5,12-13H,1,6-8H2. The summed E-state index contributed by atoms with van der Waals surface area (Å²) < 4.78 is 37.9. The summed E-state index contributed by atoms with van der Waals surface area (Å²) in [6.07, 6.45) is 0.378. The Labute approximate surface area is 94.2 Å². The predicted molar refractivity (Wildman–Crippen MR) is 58.7 cm³/mol. The summed E-state index contributed by atoms with van der Waals surface area (Å²) in [4.78, 5) is 0. The lowest BCUT2D eigenvalue weighted by molar-refractivity contribution is 0.289. The molecule has 1 rings (SSSR count). The number of aliphatic hydroxyl groups is 1. The van der Waals surface area contributed by atoms with Gasteiger partial charge in [-0.15, -0.1) is 0 Å². The monoisotopic (exact) mass is 247 g/mol. The molecule has 0 aromatic heterocycles. The van der Waals surface area contributed by atoms with Crippen molar-refractivity contribution < 1.29 is 17.9 Å². The van der Waals surface area contributed by atoms with E-state index in [0.29, 0.717) is 12.0 Å². The number of rotatable bonds is 6. The summed E-state index contributed by atoms with van der Waals surface area (Å²) in [5.74, 6) is -0.576. The summed E-state index contributed by atoms with van der Waals surface area (Å²) >= 11 is 0. The van der Waals surface area contributed by atoms with E-state index >= 15 is 0 Å². The Balaban J connectivity index is 2.55. The van der Waals surface area contributed by atoms with Crippen molar-refractivity contribution in [3.05, 3.63) is 35.6 Å². The van der Waals surface area contributed by atoms with E-state index in [4.69, 9.17) is 5.11 Å². The quantitative estimate of drug-likeness (QED) is 0.724. The van der Waals surface area contributed by atoms with Crippen molar-refractivity contribution in [1.29, 1.82) is 0 Å². The van der Waals surface area contributed by atoms with Crippen molar-refractivity contribution in [2.24, 2.45) is 0 Å². The molecule has 0 atom stereocenters. The molecule has 0 aliphatic rings. The molecule has 0 amide bonds. The van der Waals surface area contributed by atoms with Gasteiger partial charge in [0.15, 0.2) is 0 Å². The van der Waals surface area contributed by atoms with Crippen LogP contribution in [0, 0.1) is 5.82 Å². The van der Waals surface area contributed by atoms with E-state index in [1.807, 2.05) is 0 Å². The molecule has 1 aromatic carbocycles. The molecule has 1 aromatic rings. The maximum Gasteiger partial charge on any atom is 0.215 e. The summed E-state index contributed by atoms with van der Waals surface area (Å²) in [5.41, 5.74) is 0.526. The maximum absolute atomic E-state index is 12.6. The molecule has 0 spiro atoms. The van der Waals surface area contributed by atoms with Gasteiger partial charge in [-0.25, -0.2) is 17.5 Å². The van der Waals surface area contributed by atoms with Gasteiger partial charge in [0.05, 0.1) is 5.75 Å². The van der Waals surface area contributed by atoms with Crippen LogP contribution in [-0.4, -0.2) is 26.7 Å². The number of hydrogen-bond donors (Lipinski definition) is 2. The predicted octanol–water partition coefficient (Wildman–Crippen LogP) is 0.628. The van der Waals surface area contributed by atoms with Gasteiger partial charge in [-0.2, -0.15) is 0 Å². The van der Waals surface area contributed by atoms with Crippen LogP contribution < -0.4 is 4.72 Å². The van der Waals surface area contributed by atoms with Gasteiger partial charge in [0, 0.05) is 13.2 Å². The molecule has 0 radical (unpaired) electrons. The summed E-state index contributed by atoms with van der Waals surface area (Å²) in [6, 6.07) is 5.30. The first-order valence-electron chi connectivity index (χ1n) is 4.86. The summed E-state index contributed by atoms with van der Waals surface area (Å²) in [7, 11) is -3.40. The average Bonchev–Trinajstić information content (AvgIpc) is 2.21. The smallest absolute Gasteiger partial charge is 0.215 e. The van der Waals surface area contributed by atoms with Gasteiger partial charge >= 0.3 is 0 Å². The van der Waals surface area contributed by atoms with Gasteiger partial charge in [-0.05, 0) is 24.1 Å². The Morgan fingerprint density at radius 1 is 1.25 bits per heavy atom.